The summed E-state index contributed by atoms with van der Waals surface area (Å²) in [4.78, 5) is 0. The van der Waals surface area contributed by atoms with Crippen LogP contribution in [-0.2, 0) is 9.84 Å². The van der Waals surface area contributed by atoms with Crippen LogP contribution in [0.5, 0.6) is 0 Å². The Labute approximate surface area is 60.0 Å². The van der Waals surface area contributed by atoms with Crippen LogP contribution in [0.2, 0.25) is 0 Å². The number of nitrogens with two attached hydrogens (primary N) is 1. The van der Waals surface area contributed by atoms with Crippen LogP contribution in [0.1, 0.15) is 6.42 Å². The van der Waals surface area contributed by atoms with Crippen molar-refractivity contribution in [2.45, 2.75) is 12.0 Å². The molecule has 0 aromatic heterocycles. The molecule has 1 unspecified atom stereocenters. The van der Waals surface area contributed by atoms with Crippen molar-refractivity contribution in [2.75, 3.05) is 18.1 Å². The Balaban J connectivity index is 2.76. The Morgan fingerprint density at radius 2 is 2.20 bits per heavy atom. The van der Waals surface area contributed by atoms with Crippen molar-refractivity contribution in [1.82, 2.24) is 0 Å². The fourth-order valence-corrected chi connectivity index (χ4v) is 3.04. The maximum Gasteiger partial charge on any atom is 0.152 e. The minimum absolute atomic E-state index is 0.0729. The summed E-state index contributed by atoms with van der Waals surface area (Å²) in [6.07, 6.45) is 0.381. The van der Waals surface area contributed by atoms with Crippen LogP contribution in [0.3, 0.4) is 0 Å². The van der Waals surface area contributed by atoms with Gasteiger partial charge in [0.05, 0.1) is 23.7 Å². The summed E-state index contributed by atoms with van der Waals surface area (Å²) in [6, 6.07) is 0. The molecule has 4 nitrogen and oxygen atoms in total. The molecule has 0 aromatic carbocycles. The van der Waals surface area contributed by atoms with E-state index in [0.717, 1.165) is 0 Å². The lowest BCUT2D eigenvalue weighted by Crippen LogP contribution is -2.44. The van der Waals surface area contributed by atoms with Crippen molar-refractivity contribution in [3.8, 4) is 0 Å². The topological polar surface area (TPSA) is 80.4 Å². The van der Waals surface area contributed by atoms with Crippen molar-refractivity contribution in [2.24, 2.45) is 5.73 Å². The molecule has 5 heteroatoms. The fourth-order valence-electron chi connectivity index (χ4n) is 1.07. The highest BCUT2D eigenvalue weighted by Crippen LogP contribution is 2.19. The largest absolute Gasteiger partial charge is 0.394 e. The summed E-state index contributed by atoms with van der Waals surface area (Å²) in [5.41, 5.74) is 4.64. The zero-order valence-electron chi connectivity index (χ0n) is 5.58. The number of aliphatic hydroxyl groups is 1. The second-order valence-corrected chi connectivity index (χ2v) is 5.05. The Morgan fingerprint density at radius 1 is 1.60 bits per heavy atom. The summed E-state index contributed by atoms with van der Waals surface area (Å²) < 4.78 is 21.6. The summed E-state index contributed by atoms with van der Waals surface area (Å²) in [6.45, 7) is -0.244. The molecule has 1 heterocycles. The van der Waals surface area contributed by atoms with Gasteiger partial charge in [0.25, 0.3) is 0 Å². The number of rotatable bonds is 1. The van der Waals surface area contributed by atoms with Gasteiger partial charge in [0.1, 0.15) is 0 Å². The monoisotopic (exact) mass is 165 g/mol. The van der Waals surface area contributed by atoms with E-state index < -0.39 is 15.4 Å². The van der Waals surface area contributed by atoms with Crippen LogP contribution in [-0.4, -0.2) is 37.2 Å². The first-order valence-corrected chi connectivity index (χ1v) is 4.90. The van der Waals surface area contributed by atoms with Crippen molar-refractivity contribution < 1.29 is 13.5 Å². The van der Waals surface area contributed by atoms with E-state index in [-0.39, 0.29) is 18.1 Å². The Hall–Kier alpha value is -0.130. The van der Waals surface area contributed by atoms with Gasteiger partial charge >= 0.3 is 0 Å². The standard InChI is InChI=1S/C5H11NO3S/c6-5(3-7)1-2-10(8,9)4-5/h7H,1-4,6H2. The first kappa shape index (κ1) is 7.97. The number of sulfone groups is 1. The predicted octanol–water partition coefficient (Wildman–Crippen LogP) is -1.51. The minimum Gasteiger partial charge on any atom is -0.394 e. The number of hydrogen-bond donors (Lipinski definition) is 2. The first-order valence-electron chi connectivity index (χ1n) is 3.08. The highest BCUT2D eigenvalue weighted by molar-refractivity contribution is 7.91. The van der Waals surface area contributed by atoms with Gasteiger partial charge in [-0.15, -0.1) is 0 Å². The van der Waals surface area contributed by atoms with E-state index in [9.17, 15) is 8.42 Å². The molecule has 10 heavy (non-hydrogen) atoms. The van der Waals surface area contributed by atoms with Gasteiger partial charge in [-0.1, -0.05) is 0 Å². The maximum absolute atomic E-state index is 10.8. The summed E-state index contributed by atoms with van der Waals surface area (Å²) in [7, 11) is -2.95. The third kappa shape index (κ3) is 1.47. The molecule has 60 valence electrons. The van der Waals surface area contributed by atoms with Gasteiger partial charge in [-0.25, -0.2) is 8.42 Å². The molecular weight excluding hydrogens is 154 g/mol. The summed E-state index contributed by atoms with van der Waals surface area (Å²) >= 11 is 0. The second kappa shape index (κ2) is 2.18. The smallest absolute Gasteiger partial charge is 0.152 e. The molecule has 1 saturated heterocycles. The molecule has 0 aliphatic carbocycles. The average molecular weight is 165 g/mol. The lowest BCUT2D eigenvalue weighted by molar-refractivity contribution is 0.212. The molecule has 0 radical (unpaired) electrons. The minimum atomic E-state index is -2.95. The van der Waals surface area contributed by atoms with Crippen molar-refractivity contribution in [3.05, 3.63) is 0 Å². The van der Waals surface area contributed by atoms with E-state index >= 15 is 0 Å². The molecule has 0 aromatic rings. The van der Waals surface area contributed by atoms with Gasteiger partial charge in [0.15, 0.2) is 9.84 Å². The lowest BCUT2D eigenvalue weighted by atomic mass is 10.0. The van der Waals surface area contributed by atoms with E-state index in [0.29, 0.717) is 6.42 Å². The van der Waals surface area contributed by atoms with E-state index in [2.05, 4.69) is 0 Å². The number of aliphatic hydroxyl groups excluding tert-OH is 1. The van der Waals surface area contributed by atoms with Gasteiger partial charge < -0.3 is 10.8 Å². The molecule has 1 fully saturated rings. The Kier molecular flexibility index (Phi) is 1.74. The molecule has 0 amide bonds. The third-order valence-corrected chi connectivity index (χ3v) is 3.57. The van der Waals surface area contributed by atoms with Crippen LogP contribution in [0.25, 0.3) is 0 Å². The highest BCUT2D eigenvalue weighted by Gasteiger charge is 2.38. The van der Waals surface area contributed by atoms with Gasteiger partial charge in [0.2, 0.25) is 0 Å². The molecule has 1 aliphatic heterocycles. The van der Waals surface area contributed by atoms with Gasteiger partial charge in [-0.2, -0.15) is 0 Å². The van der Waals surface area contributed by atoms with Gasteiger partial charge in [-0.05, 0) is 6.42 Å². The predicted molar refractivity (Wildman–Crippen MR) is 37.3 cm³/mol. The molecule has 0 bridgehead atoms. The lowest BCUT2D eigenvalue weighted by Gasteiger charge is -2.17. The maximum atomic E-state index is 10.8. The van der Waals surface area contributed by atoms with E-state index in [1.54, 1.807) is 0 Å². The average Bonchev–Trinajstić information content (AvgIpc) is 2.08. The van der Waals surface area contributed by atoms with E-state index in [1.807, 2.05) is 0 Å². The summed E-state index contributed by atoms with van der Waals surface area (Å²) in [5, 5.41) is 8.67. The quantitative estimate of drug-likeness (QED) is 0.495. The molecule has 0 spiro atoms. The van der Waals surface area contributed by atoms with Crippen molar-refractivity contribution in [1.29, 1.82) is 0 Å². The Morgan fingerprint density at radius 3 is 2.40 bits per heavy atom. The fraction of sp³-hybridized carbons (Fsp3) is 1.00. The van der Waals surface area contributed by atoms with Crippen molar-refractivity contribution >= 4 is 9.84 Å². The normalized spacial score (nSPS) is 38.2. The molecular formula is C5H11NO3S. The molecule has 1 aliphatic rings. The molecule has 1 atom stereocenters. The highest BCUT2D eigenvalue weighted by atomic mass is 32.2. The van der Waals surface area contributed by atoms with Crippen LogP contribution in [0, 0.1) is 0 Å². The molecule has 3 N–H and O–H groups in total. The van der Waals surface area contributed by atoms with Gasteiger partial charge in [-0.3, -0.25) is 0 Å². The zero-order chi connectivity index (χ0) is 7.83. The molecule has 0 saturated carbocycles. The van der Waals surface area contributed by atoms with E-state index in [1.165, 1.54) is 0 Å². The number of hydrogen-bond acceptors (Lipinski definition) is 4. The first-order chi connectivity index (χ1) is 4.47. The summed E-state index contributed by atoms with van der Waals surface area (Å²) in [5.74, 6) is 0.0422. The SMILES string of the molecule is NC1(CO)CCS(=O)(=O)C1. The van der Waals surface area contributed by atoms with Crippen LogP contribution in [0.4, 0.5) is 0 Å². The Bertz CT molecular complexity index is 223. The zero-order valence-corrected chi connectivity index (χ0v) is 6.39. The third-order valence-electron chi connectivity index (χ3n) is 1.73. The van der Waals surface area contributed by atoms with Crippen LogP contribution >= 0.6 is 0 Å². The second-order valence-electron chi connectivity index (χ2n) is 2.86. The van der Waals surface area contributed by atoms with Gasteiger partial charge in [0, 0.05) is 0 Å². The van der Waals surface area contributed by atoms with E-state index in [4.69, 9.17) is 10.8 Å². The van der Waals surface area contributed by atoms with Crippen LogP contribution in [0.15, 0.2) is 0 Å². The van der Waals surface area contributed by atoms with Crippen molar-refractivity contribution in [3.63, 3.8) is 0 Å². The van der Waals surface area contributed by atoms with Crippen LogP contribution < -0.4 is 5.73 Å². The molecule has 1 rings (SSSR count).